The molecule has 0 aliphatic rings. The van der Waals surface area contributed by atoms with E-state index in [1.54, 1.807) is 14.2 Å². The zero-order chi connectivity index (χ0) is 22.1. The van der Waals surface area contributed by atoms with Crippen molar-refractivity contribution in [2.45, 2.75) is 33.0 Å². The van der Waals surface area contributed by atoms with Gasteiger partial charge in [0.05, 0.1) is 13.7 Å². The first-order valence-corrected chi connectivity index (χ1v) is 10.4. The highest BCUT2D eigenvalue weighted by atomic mass is 16.5. The highest BCUT2D eigenvalue weighted by Gasteiger charge is 2.07. The van der Waals surface area contributed by atoms with E-state index in [9.17, 15) is 0 Å². The van der Waals surface area contributed by atoms with Crippen molar-refractivity contribution in [3.8, 4) is 11.5 Å². The SMILES string of the molecule is CN=C(NCc1cccc(Cn2ccnc2C)c1)NCC(C)Oc1cccc(OC)c1. The number of guanidine groups is 1. The van der Waals surface area contributed by atoms with Gasteiger partial charge in [-0.15, -0.1) is 0 Å². The number of imidazole rings is 1. The summed E-state index contributed by atoms with van der Waals surface area (Å²) in [7, 11) is 3.41. The number of aliphatic imine (C=N–C) groups is 1. The Kier molecular flexibility index (Phi) is 7.92. The first-order valence-electron chi connectivity index (χ1n) is 10.4. The van der Waals surface area contributed by atoms with Gasteiger partial charge < -0.3 is 24.7 Å². The minimum Gasteiger partial charge on any atom is -0.497 e. The summed E-state index contributed by atoms with van der Waals surface area (Å²) in [6.07, 6.45) is 3.79. The number of aromatic nitrogens is 2. The molecule has 1 heterocycles. The van der Waals surface area contributed by atoms with E-state index < -0.39 is 0 Å². The van der Waals surface area contributed by atoms with E-state index in [1.807, 2.05) is 50.5 Å². The zero-order valence-electron chi connectivity index (χ0n) is 18.6. The number of rotatable bonds is 9. The predicted octanol–water partition coefficient (Wildman–Crippen LogP) is 3.38. The standard InChI is InChI=1S/C24H31N5O2/c1-18(31-23-10-6-9-22(14-23)30-4)15-27-24(25-3)28-16-20-7-5-8-21(13-20)17-29-12-11-26-19(29)2/h5-14,18H,15-17H2,1-4H3,(H2,25,27,28). The molecule has 0 fully saturated rings. The zero-order valence-corrected chi connectivity index (χ0v) is 18.6. The van der Waals surface area contributed by atoms with Crippen LogP contribution in [0.3, 0.4) is 0 Å². The lowest BCUT2D eigenvalue weighted by molar-refractivity contribution is 0.223. The third kappa shape index (κ3) is 6.77. The first kappa shape index (κ1) is 22.2. The minimum absolute atomic E-state index is 0.0348. The fraction of sp³-hybridized carbons (Fsp3) is 0.333. The predicted molar refractivity (Wildman–Crippen MR) is 124 cm³/mol. The molecular formula is C24H31N5O2. The number of methoxy groups -OCH3 is 1. The lowest BCUT2D eigenvalue weighted by Crippen LogP contribution is -2.41. The number of nitrogens with zero attached hydrogens (tertiary/aromatic N) is 3. The third-order valence-corrected chi connectivity index (χ3v) is 4.89. The second-order valence-electron chi connectivity index (χ2n) is 7.34. The van der Waals surface area contributed by atoms with Crippen LogP contribution >= 0.6 is 0 Å². The van der Waals surface area contributed by atoms with Crippen LogP contribution in [0.25, 0.3) is 0 Å². The summed E-state index contributed by atoms with van der Waals surface area (Å²) in [6.45, 7) is 6.14. The molecule has 0 radical (unpaired) electrons. The third-order valence-electron chi connectivity index (χ3n) is 4.89. The normalized spacial score (nSPS) is 12.3. The van der Waals surface area contributed by atoms with Crippen molar-refractivity contribution in [1.82, 2.24) is 20.2 Å². The van der Waals surface area contributed by atoms with Gasteiger partial charge in [0, 0.05) is 38.6 Å². The van der Waals surface area contributed by atoms with E-state index in [1.165, 1.54) is 11.1 Å². The largest absolute Gasteiger partial charge is 0.497 e. The molecule has 0 amide bonds. The summed E-state index contributed by atoms with van der Waals surface area (Å²) in [5, 5.41) is 6.68. The number of ether oxygens (including phenoxy) is 2. The van der Waals surface area contributed by atoms with Crippen LogP contribution in [0.15, 0.2) is 65.9 Å². The Morgan fingerprint density at radius 2 is 1.87 bits per heavy atom. The monoisotopic (exact) mass is 421 g/mol. The van der Waals surface area contributed by atoms with Crippen molar-refractivity contribution in [2.24, 2.45) is 4.99 Å². The molecule has 1 atom stereocenters. The molecule has 0 saturated heterocycles. The number of hydrogen-bond donors (Lipinski definition) is 2. The van der Waals surface area contributed by atoms with Crippen molar-refractivity contribution in [3.05, 3.63) is 77.9 Å². The van der Waals surface area contributed by atoms with E-state index in [4.69, 9.17) is 9.47 Å². The smallest absolute Gasteiger partial charge is 0.191 e. The van der Waals surface area contributed by atoms with E-state index >= 15 is 0 Å². The number of hydrogen-bond acceptors (Lipinski definition) is 4. The lowest BCUT2D eigenvalue weighted by atomic mass is 10.1. The molecule has 31 heavy (non-hydrogen) atoms. The number of benzene rings is 2. The van der Waals surface area contributed by atoms with E-state index in [0.29, 0.717) is 13.1 Å². The fourth-order valence-corrected chi connectivity index (χ4v) is 3.20. The Labute approximate surface area is 184 Å². The average Bonchev–Trinajstić information content (AvgIpc) is 3.18. The molecule has 2 aromatic carbocycles. The fourth-order valence-electron chi connectivity index (χ4n) is 3.20. The maximum Gasteiger partial charge on any atom is 0.191 e. The molecule has 0 aliphatic carbocycles. The number of aryl methyl sites for hydroxylation is 1. The van der Waals surface area contributed by atoms with Gasteiger partial charge in [-0.05, 0) is 37.1 Å². The van der Waals surface area contributed by atoms with Gasteiger partial charge in [0.1, 0.15) is 23.4 Å². The molecule has 3 aromatic rings. The van der Waals surface area contributed by atoms with E-state index in [-0.39, 0.29) is 6.10 Å². The van der Waals surface area contributed by atoms with Gasteiger partial charge in [0.25, 0.3) is 0 Å². The van der Waals surface area contributed by atoms with Crippen molar-refractivity contribution < 1.29 is 9.47 Å². The first-order chi connectivity index (χ1) is 15.1. The number of nitrogens with one attached hydrogen (secondary N) is 2. The van der Waals surface area contributed by atoms with Crippen LogP contribution in [0.5, 0.6) is 11.5 Å². The van der Waals surface area contributed by atoms with Crippen LogP contribution in [0.1, 0.15) is 23.9 Å². The molecule has 1 unspecified atom stereocenters. The summed E-state index contributed by atoms with van der Waals surface area (Å²) in [5.41, 5.74) is 2.43. The maximum absolute atomic E-state index is 5.96. The summed E-state index contributed by atoms with van der Waals surface area (Å²) in [6, 6.07) is 16.1. The summed E-state index contributed by atoms with van der Waals surface area (Å²) in [5.74, 6) is 3.30. The van der Waals surface area contributed by atoms with Crippen LogP contribution in [0.2, 0.25) is 0 Å². The molecule has 1 aromatic heterocycles. The van der Waals surface area contributed by atoms with E-state index in [0.717, 1.165) is 29.8 Å². The van der Waals surface area contributed by atoms with Crippen LogP contribution in [-0.4, -0.2) is 42.3 Å². The minimum atomic E-state index is -0.0348. The van der Waals surface area contributed by atoms with Crippen molar-refractivity contribution in [3.63, 3.8) is 0 Å². The van der Waals surface area contributed by atoms with Crippen LogP contribution in [0, 0.1) is 6.92 Å². The van der Waals surface area contributed by atoms with Gasteiger partial charge in [0.2, 0.25) is 0 Å². The highest BCUT2D eigenvalue weighted by molar-refractivity contribution is 5.79. The molecule has 0 saturated carbocycles. The van der Waals surface area contributed by atoms with Crippen LogP contribution in [-0.2, 0) is 13.1 Å². The van der Waals surface area contributed by atoms with Gasteiger partial charge in [-0.25, -0.2) is 4.98 Å². The van der Waals surface area contributed by atoms with Gasteiger partial charge >= 0.3 is 0 Å². The Bertz CT molecular complexity index is 999. The Morgan fingerprint density at radius 1 is 1.10 bits per heavy atom. The van der Waals surface area contributed by atoms with E-state index in [2.05, 4.69) is 49.4 Å². The van der Waals surface area contributed by atoms with Gasteiger partial charge in [-0.3, -0.25) is 4.99 Å². The summed E-state index contributed by atoms with van der Waals surface area (Å²) >= 11 is 0. The maximum atomic E-state index is 5.96. The van der Waals surface area contributed by atoms with Gasteiger partial charge in [0.15, 0.2) is 5.96 Å². The van der Waals surface area contributed by atoms with Crippen molar-refractivity contribution >= 4 is 5.96 Å². The second kappa shape index (κ2) is 11.1. The molecular weight excluding hydrogens is 390 g/mol. The average molecular weight is 422 g/mol. The molecule has 2 N–H and O–H groups in total. The van der Waals surface area contributed by atoms with Crippen molar-refractivity contribution in [1.29, 1.82) is 0 Å². The van der Waals surface area contributed by atoms with Gasteiger partial charge in [-0.1, -0.05) is 30.3 Å². The quantitative estimate of drug-likeness (QED) is 0.409. The Morgan fingerprint density at radius 3 is 2.61 bits per heavy atom. The van der Waals surface area contributed by atoms with Gasteiger partial charge in [-0.2, -0.15) is 0 Å². The second-order valence-corrected chi connectivity index (χ2v) is 7.34. The molecule has 0 bridgehead atoms. The molecule has 0 spiro atoms. The van der Waals surface area contributed by atoms with Crippen LogP contribution in [0.4, 0.5) is 0 Å². The Hall–Kier alpha value is -3.48. The molecule has 7 heteroatoms. The molecule has 3 rings (SSSR count). The Balaban J connectivity index is 1.48. The highest BCUT2D eigenvalue weighted by Crippen LogP contribution is 2.19. The summed E-state index contributed by atoms with van der Waals surface area (Å²) in [4.78, 5) is 8.60. The summed E-state index contributed by atoms with van der Waals surface area (Å²) < 4.78 is 13.3. The molecule has 7 nitrogen and oxygen atoms in total. The van der Waals surface area contributed by atoms with Crippen LogP contribution < -0.4 is 20.1 Å². The topological polar surface area (TPSA) is 72.7 Å². The lowest BCUT2D eigenvalue weighted by Gasteiger charge is -2.18. The van der Waals surface area contributed by atoms with Crippen molar-refractivity contribution in [2.75, 3.05) is 20.7 Å². The molecule has 164 valence electrons. The molecule has 0 aliphatic heterocycles.